The lowest BCUT2D eigenvalue weighted by Gasteiger charge is -2.26. The summed E-state index contributed by atoms with van der Waals surface area (Å²) in [6.45, 7) is 0. The van der Waals surface area contributed by atoms with Crippen LogP contribution >= 0.6 is 0 Å². The second-order valence-electron chi connectivity index (χ2n) is 13.0. The topological polar surface area (TPSA) is 3.24 Å². The maximum absolute atomic E-state index is 2.36. The van der Waals surface area contributed by atoms with Crippen LogP contribution in [-0.2, 0) is 0 Å². The molecule has 0 aromatic heterocycles. The molecule has 0 N–H and O–H groups in total. The van der Waals surface area contributed by atoms with Gasteiger partial charge in [0.15, 0.2) is 0 Å². The maximum Gasteiger partial charge on any atom is 0.0462 e. The Labute approximate surface area is 299 Å². The molecule has 0 atom stereocenters. The van der Waals surface area contributed by atoms with Gasteiger partial charge in [-0.25, -0.2) is 0 Å². The highest BCUT2D eigenvalue weighted by Crippen LogP contribution is 2.41. The van der Waals surface area contributed by atoms with E-state index in [2.05, 4.69) is 217 Å². The smallest absolute Gasteiger partial charge is 0.0462 e. The standard InChI is InChI=1S/C50H35N/c1-3-12-36(13-4-1)38-22-28-44(29-23-38)51(45-30-24-39(25-31-45)37-14-5-2-6-15-37)46-32-26-41(27-33-46)49-34-42-17-7-8-18-43(42)35-50(49)48-21-11-19-40-16-9-10-20-47(40)48/h1-35H. The van der Waals surface area contributed by atoms with Crippen LogP contribution in [0.25, 0.3) is 66.1 Å². The summed E-state index contributed by atoms with van der Waals surface area (Å²) in [5, 5.41) is 4.98. The zero-order chi connectivity index (χ0) is 34.0. The predicted octanol–water partition coefficient (Wildman–Crippen LogP) is 14.1. The molecule has 0 radical (unpaired) electrons. The summed E-state index contributed by atoms with van der Waals surface area (Å²) in [6, 6.07) is 76.6. The molecule has 9 aromatic carbocycles. The van der Waals surface area contributed by atoms with Gasteiger partial charge in [0, 0.05) is 17.1 Å². The molecule has 51 heavy (non-hydrogen) atoms. The molecule has 0 unspecified atom stereocenters. The van der Waals surface area contributed by atoms with Gasteiger partial charge in [-0.15, -0.1) is 0 Å². The van der Waals surface area contributed by atoms with E-state index in [-0.39, 0.29) is 0 Å². The minimum atomic E-state index is 1.10. The molecule has 0 aliphatic heterocycles. The summed E-state index contributed by atoms with van der Waals surface area (Å²) < 4.78 is 0. The summed E-state index contributed by atoms with van der Waals surface area (Å²) in [5.74, 6) is 0. The van der Waals surface area contributed by atoms with Crippen LogP contribution < -0.4 is 4.90 Å². The van der Waals surface area contributed by atoms with Crippen LogP contribution in [0.4, 0.5) is 17.1 Å². The van der Waals surface area contributed by atoms with E-state index in [1.54, 1.807) is 0 Å². The fourth-order valence-corrected chi connectivity index (χ4v) is 7.27. The molecule has 0 spiro atoms. The van der Waals surface area contributed by atoms with E-state index in [1.165, 1.54) is 66.1 Å². The Bertz CT molecular complexity index is 2500. The molecule has 1 nitrogen and oxygen atoms in total. The molecule has 1 heteroatoms. The average Bonchev–Trinajstić information content (AvgIpc) is 3.22. The number of fused-ring (bicyclic) bond motifs is 2. The van der Waals surface area contributed by atoms with Crippen LogP contribution in [0.5, 0.6) is 0 Å². The molecule has 0 aliphatic rings. The quantitative estimate of drug-likeness (QED) is 0.166. The van der Waals surface area contributed by atoms with E-state index in [1.807, 2.05) is 0 Å². The normalized spacial score (nSPS) is 11.1. The molecule has 0 saturated carbocycles. The second kappa shape index (κ2) is 13.3. The first kappa shape index (κ1) is 30.4. The van der Waals surface area contributed by atoms with Gasteiger partial charge in [0.25, 0.3) is 0 Å². The first-order valence-corrected chi connectivity index (χ1v) is 17.5. The zero-order valence-electron chi connectivity index (χ0n) is 28.2. The Morgan fingerprint density at radius 1 is 0.235 bits per heavy atom. The molecule has 9 rings (SSSR count). The lowest BCUT2D eigenvalue weighted by molar-refractivity contribution is 1.28. The van der Waals surface area contributed by atoms with Gasteiger partial charge in [-0.2, -0.15) is 0 Å². The average molecular weight is 650 g/mol. The van der Waals surface area contributed by atoms with Crippen molar-refractivity contribution in [2.75, 3.05) is 4.90 Å². The fraction of sp³-hybridized carbons (Fsp3) is 0. The van der Waals surface area contributed by atoms with Crippen molar-refractivity contribution in [1.29, 1.82) is 0 Å². The van der Waals surface area contributed by atoms with E-state index in [0.29, 0.717) is 0 Å². The molecule has 0 heterocycles. The van der Waals surface area contributed by atoms with E-state index >= 15 is 0 Å². The van der Waals surface area contributed by atoms with Crippen molar-refractivity contribution in [3.63, 3.8) is 0 Å². The van der Waals surface area contributed by atoms with Gasteiger partial charge in [-0.1, -0.05) is 164 Å². The van der Waals surface area contributed by atoms with Crippen LogP contribution in [0.2, 0.25) is 0 Å². The highest BCUT2D eigenvalue weighted by Gasteiger charge is 2.16. The molecule has 240 valence electrons. The summed E-state index contributed by atoms with van der Waals surface area (Å²) in [7, 11) is 0. The molecule has 0 aliphatic carbocycles. The number of benzene rings is 9. The minimum absolute atomic E-state index is 1.10. The van der Waals surface area contributed by atoms with Crippen molar-refractivity contribution in [2.24, 2.45) is 0 Å². The lowest BCUT2D eigenvalue weighted by atomic mass is 9.89. The van der Waals surface area contributed by atoms with Crippen molar-refractivity contribution in [2.45, 2.75) is 0 Å². The van der Waals surface area contributed by atoms with Crippen molar-refractivity contribution in [3.05, 3.63) is 212 Å². The molecule has 0 amide bonds. The van der Waals surface area contributed by atoms with E-state index in [0.717, 1.165) is 17.1 Å². The monoisotopic (exact) mass is 649 g/mol. The Balaban J connectivity index is 1.15. The molecular formula is C50H35N. The first-order chi connectivity index (χ1) is 25.3. The van der Waals surface area contributed by atoms with E-state index < -0.39 is 0 Å². The highest BCUT2D eigenvalue weighted by atomic mass is 15.1. The molecule has 0 saturated heterocycles. The maximum atomic E-state index is 2.36. The van der Waals surface area contributed by atoms with Crippen molar-refractivity contribution in [3.8, 4) is 44.5 Å². The number of rotatable bonds is 7. The minimum Gasteiger partial charge on any atom is -0.311 e. The van der Waals surface area contributed by atoms with Gasteiger partial charge >= 0.3 is 0 Å². The van der Waals surface area contributed by atoms with Crippen LogP contribution in [0, 0.1) is 0 Å². The Hall–Kier alpha value is -6.70. The van der Waals surface area contributed by atoms with E-state index in [9.17, 15) is 0 Å². The Morgan fingerprint density at radius 2 is 0.627 bits per heavy atom. The summed E-state index contributed by atoms with van der Waals surface area (Å²) in [4.78, 5) is 2.35. The van der Waals surface area contributed by atoms with Gasteiger partial charge < -0.3 is 4.90 Å². The Kier molecular flexibility index (Phi) is 7.92. The van der Waals surface area contributed by atoms with E-state index in [4.69, 9.17) is 0 Å². The highest BCUT2D eigenvalue weighted by molar-refractivity contribution is 6.04. The summed E-state index contributed by atoms with van der Waals surface area (Å²) >= 11 is 0. The number of hydrogen-bond acceptors (Lipinski definition) is 1. The Morgan fingerprint density at radius 3 is 1.16 bits per heavy atom. The van der Waals surface area contributed by atoms with Crippen molar-refractivity contribution >= 4 is 38.6 Å². The third-order valence-electron chi connectivity index (χ3n) is 9.87. The lowest BCUT2D eigenvalue weighted by Crippen LogP contribution is -2.09. The van der Waals surface area contributed by atoms with Gasteiger partial charge in [0.05, 0.1) is 0 Å². The van der Waals surface area contributed by atoms with Gasteiger partial charge in [-0.3, -0.25) is 0 Å². The van der Waals surface area contributed by atoms with Crippen LogP contribution in [0.3, 0.4) is 0 Å². The first-order valence-electron chi connectivity index (χ1n) is 17.5. The van der Waals surface area contributed by atoms with Crippen LogP contribution in [0.1, 0.15) is 0 Å². The largest absolute Gasteiger partial charge is 0.311 e. The number of hydrogen-bond donors (Lipinski definition) is 0. The van der Waals surface area contributed by atoms with Gasteiger partial charge in [0.2, 0.25) is 0 Å². The van der Waals surface area contributed by atoms with Crippen molar-refractivity contribution in [1.82, 2.24) is 0 Å². The molecule has 9 aromatic rings. The molecular weight excluding hydrogens is 615 g/mol. The fourth-order valence-electron chi connectivity index (χ4n) is 7.27. The number of nitrogens with zero attached hydrogens (tertiary/aromatic N) is 1. The summed E-state index contributed by atoms with van der Waals surface area (Å²) in [6.07, 6.45) is 0. The molecule has 0 fully saturated rings. The van der Waals surface area contributed by atoms with Crippen molar-refractivity contribution < 1.29 is 0 Å². The van der Waals surface area contributed by atoms with Crippen LogP contribution in [0.15, 0.2) is 212 Å². The SMILES string of the molecule is c1ccc(-c2ccc(N(c3ccc(-c4ccccc4)cc3)c3ccc(-c4cc5ccccc5cc4-c4cccc5ccccc45)cc3)cc2)cc1. The van der Waals surface area contributed by atoms with Crippen LogP contribution in [-0.4, -0.2) is 0 Å². The zero-order valence-corrected chi connectivity index (χ0v) is 28.2. The molecule has 0 bridgehead atoms. The van der Waals surface area contributed by atoms with Gasteiger partial charge in [-0.05, 0) is 115 Å². The third kappa shape index (κ3) is 5.96. The third-order valence-corrected chi connectivity index (χ3v) is 9.87. The predicted molar refractivity (Wildman–Crippen MR) is 218 cm³/mol. The number of anilines is 3. The summed E-state index contributed by atoms with van der Waals surface area (Å²) in [5.41, 5.74) is 13.0. The second-order valence-corrected chi connectivity index (χ2v) is 13.0. The van der Waals surface area contributed by atoms with Gasteiger partial charge in [0.1, 0.15) is 0 Å².